The third-order valence-corrected chi connectivity index (χ3v) is 6.63. The minimum absolute atomic E-state index is 0.0419. The van der Waals surface area contributed by atoms with E-state index in [2.05, 4.69) is 12.2 Å². The second kappa shape index (κ2) is 26.4. The first-order valence-electron chi connectivity index (χ1n) is 14.9. The maximum atomic E-state index is 12.0. The molecule has 0 radical (unpaired) electrons. The van der Waals surface area contributed by atoms with Gasteiger partial charge in [-0.2, -0.15) is 0 Å². The lowest BCUT2D eigenvalue weighted by Gasteiger charge is -2.14. The first kappa shape index (κ1) is 34.4. The molecule has 36 heavy (non-hydrogen) atoms. The number of ether oxygens (including phenoxy) is 1. The van der Waals surface area contributed by atoms with Gasteiger partial charge < -0.3 is 20.9 Å². The van der Waals surface area contributed by atoms with Gasteiger partial charge in [-0.3, -0.25) is 9.59 Å². The summed E-state index contributed by atoms with van der Waals surface area (Å²) in [6.07, 6.45) is 22.4. The van der Waals surface area contributed by atoms with E-state index in [0.717, 1.165) is 57.8 Å². The highest BCUT2D eigenvalue weighted by molar-refractivity contribution is 5.83. The summed E-state index contributed by atoms with van der Waals surface area (Å²) >= 11 is 0. The van der Waals surface area contributed by atoms with E-state index in [0.29, 0.717) is 38.8 Å². The van der Waals surface area contributed by atoms with Gasteiger partial charge in [0.2, 0.25) is 5.91 Å². The van der Waals surface area contributed by atoms with Crippen molar-refractivity contribution in [3.8, 4) is 0 Å². The number of aliphatic carboxylic acids is 1. The number of hydrogen-bond acceptors (Lipinski definition) is 5. The van der Waals surface area contributed by atoms with Crippen LogP contribution in [0.5, 0.6) is 0 Å². The van der Waals surface area contributed by atoms with Crippen LogP contribution in [-0.2, 0) is 19.1 Å². The van der Waals surface area contributed by atoms with Gasteiger partial charge in [0, 0.05) is 12.8 Å². The van der Waals surface area contributed by atoms with Crippen LogP contribution in [0.2, 0.25) is 0 Å². The smallest absolute Gasteiger partial charge is 0.326 e. The number of carboxylic acid groups (broad SMARTS) is 1. The van der Waals surface area contributed by atoms with E-state index in [1.165, 1.54) is 57.8 Å². The molecule has 0 fully saturated rings. The summed E-state index contributed by atoms with van der Waals surface area (Å²) in [5.41, 5.74) is 5.43. The summed E-state index contributed by atoms with van der Waals surface area (Å²) in [5, 5.41) is 11.8. The molecule has 0 unspecified atom stereocenters. The standard InChI is InChI=1S/C29H56N2O5/c1-2-3-4-5-6-11-14-17-23-28(33)36-25-20-15-12-9-7-8-10-13-16-22-27(32)31-26(29(34)35)21-18-19-24-30/h26H,2-25,30H2,1H3,(H,31,32)(H,34,35)/t26-/m0/s1. The van der Waals surface area contributed by atoms with Crippen molar-refractivity contribution >= 4 is 17.8 Å². The lowest BCUT2D eigenvalue weighted by atomic mass is 10.1. The Morgan fingerprint density at radius 1 is 0.694 bits per heavy atom. The predicted molar refractivity (Wildman–Crippen MR) is 147 cm³/mol. The minimum Gasteiger partial charge on any atom is -0.480 e. The number of carboxylic acids is 1. The molecule has 7 heteroatoms. The van der Waals surface area contributed by atoms with Crippen molar-refractivity contribution in [3.63, 3.8) is 0 Å². The maximum Gasteiger partial charge on any atom is 0.326 e. The fourth-order valence-corrected chi connectivity index (χ4v) is 4.30. The Balaban J connectivity index is 3.42. The summed E-state index contributed by atoms with van der Waals surface area (Å²) < 4.78 is 5.35. The molecule has 4 N–H and O–H groups in total. The van der Waals surface area contributed by atoms with Crippen LogP contribution in [0.1, 0.15) is 148 Å². The van der Waals surface area contributed by atoms with Crippen molar-refractivity contribution in [2.24, 2.45) is 5.73 Å². The Morgan fingerprint density at radius 2 is 1.19 bits per heavy atom. The normalized spacial score (nSPS) is 11.8. The van der Waals surface area contributed by atoms with E-state index in [9.17, 15) is 19.5 Å². The van der Waals surface area contributed by atoms with Gasteiger partial charge in [0.1, 0.15) is 6.04 Å². The molecule has 0 heterocycles. The number of amides is 1. The third kappa shape index (κ3) is 24.1. The van der Waals surface area contributed by atoms with E-state index >= 15 is 0 Å². The molecule has 0 aliphatic rings. The van der Waals surface area contributed by atoms with Crippen molar-refractivity contribution in [2.45, 2.75) is 154 Å². The van der Waals surface area contributed by atoms with Gasteiger partial charge in [-0.1, -0.05) is 96.8 Å². The van der Waals surface area contributed by atoms with Crippen molar-refractivity contribution in [1.29, 1.82) is 0 Å². The van der Waals surface area contributed by atoms with Crippen molar-refractivity contribution in [3.05, 3.63) is 0 Å². The molecule has 0 saturated heterocycles. The number of rotatable bonds is 27. The van der Waals surface area contributed by atoms with Gasteiger partial charge in [0.05, 0.1) is 6.61 Å². The van der Waals surface area contributed by atoms with E-state index in [1.54, 1.807) is 0 Å². The molecule has 1 amide bonds. The van der Waals surface area contributed by atoms with E-state index in [4.69, 9.17) is 10.5 Å². The quantitative estimate of drug-likeness (QED) is 0.0836. The molecule has 0 saturated carbocycles. The molecule has 7 nitrogen and oxygen atoms in total. The molecule has 0 aliphatic carbocycles. The van der Waals surface area contributed by atoms with Crippen molar-refractivity contribution < 1.29 is 24.2 Å². The van der Waals surface area contributed by atoms with Gasteiger partial charge in [0.15, 0.2) is 0 Å². The Hall–Kier alpha value is -1.63. The van der Waals surface area contributed by atoms with Gasteiger partial charge in [-0.05, 0) is 45.1 Å². The zero-order chi connectivity index (χ0) is 26.7. The Labute approximate surface area is 220 Å². The molecular formula is C29H56N2O5. The first-order chi connectivity index (χ1) is 17.5. The SMILES string of the molecule is CCCCCCCCCCC(=O)OCCCCCCCCCCCC(=O)N[C@@H](CCCCN)C(=O)O. The van der Waals surface area contributed by atoms with Gasteiger partial charge in [-0.15, -0.1) is 0 Å². The van der Waals surface area contributed by atoms with Crippen LogP contribution in [-0.4, -0.2) is 42.1 Å². The van der Waals surface area contributed by atoms with Crippen LogP contribution >= 0.6 is 0 Å². The Kier molecular flexibility index (Phi) is 25.2. The minimum atomic E-state index is -0.975. The number of esters is 1. The number of nitrogens with one attached hydrogen (secondary N) is 1. The lowest BCUT2D eigenvalue weighted by Crippen LogP contribution is -2.40. The number of carbonyl (C=O) groups is 3. The monoisotopic (exact) mass is 512 g/mol. The fourth-order valence-electron chi connectivity index (χ4n) is 4.30. The number of carbonyl (C=O) groups excluding carboxylic acids is 2. The highest BCUT2D eigenvalue weighted by Gasteiger charge is 2.18. The number of unbranched alkanes of at least 4 members (excludes halogenated alkanes) is 16. The van der Waals surface area contributed by atoms with Crippen LogP contribution in [0.15, 0.2) is 0 Å². The fraction of sp³-hybridized carbons (Fsp3) is 0.897. The molecule has 0 spiro atoms. The second-order valence-corrected chi connectivity index (χ2v) is 10.1. The zero-order valence-electron chi connectivity index (χ0n) is 23.2. The summed E-state index contributed by atoms with van der Waals surface area (Å²) in [5.74, 6) is -1.19. The molecule has 0 rings (SSSR count). The van der Waals surface area contributed by atoms with E-state index < -0.39 is 12.0 Å². The summed E-state index contributed by atoms with van der Waals surface area (Å²) in [4.78, 5) is 35.0. The molecule has 1 atom stereocenters. The maximum absolute atomic E-state index is 12.0. The van der Waals surface area contributed by atoms with Crippen LogP contribution in [0.25, 0.3) is 0 Å². The van der Waals surface area contributed by atoms with Crippen molar-refractivity contribution in [1.82, 2.24) is 5.32 Å². The lowest BCUT2D eigenvalue weighted by molar-refractivity contribution is -0.144. The van der Waals surface area contributed by atoms with Crippen LogP contribution < -0.4 is 11.1 Å². The second-order valence-electron chi connectivity index (χ2n) is 10.1. The van der Waals surface area contributed by atoms with E-state index in [1.807, 2.05) is 0 Å². The average Bonchev–Trinajstić information content (AvgIpc) is 2.85. The van der Waals surface area contributed by atoms with Gasteiger partial charge in [-0.25, -0.2) is 4.79 Å². The van der Waals surface area contributed by atoms with Crippen LogP contribution in [0.3, 0.4) is 0 Å². The third-order valence-electron chi connectivity index (χ3n) is 6.63. The number of nitrogens with two attached hydrogens (primary N) is 1. The largest absolute Gasteiger partial charge is 0.480 e. The Bertz CT molecular complexity index is 542. The van der Waals surface area contributed by atoms with Crippen LogP contribution in [0, 0.1) is 0 Å². The molecule has 0 aromatic rings. The molecule has 0 aromatic carbocycles. The molecule has 0 aromatic heterocycles. The van der Waals surface area contributed by atoms with E-state index in [-0.39, 0.29) is 11.9 Å². The topological polar surface area (TPSA) is 119 Å². The van der Waals surface area contributed by atoms with Gasteiger partial charge in [0.25, 0.3) is 0 Å². The first-order valence-corrected chi connectivity index (χ1v) is 14.9. The zero-order valence-corrected chi connectivity index (χ0v) is 23.2. The number of hydrogen-bond donors (Lipinski definition) is 3. The Morgan fingerprint density at radius 3 is 1.72 bits per heavy atom. The summed E-state index contributed by atoms with van der Waals surface area (Å²) in [7, 11) is 0. The van der Waals surface area contributed by atoms with Crippen LogP contribution in [0.4, 0.5) is 0 Å². The van der Waals surface area contributed by atoms with Crippen molar-refractivity contribution in [2.75, 3.05) is 13.2 Å². The molecular weight excluding hydrogens is 456 g/mol. The molecule has 0 aliphatic heterocycles. The average molecular weight is 513 g/mol. The highest BCUT2D eigenvalue weighted by Crippen LogP contribution is 2.12. The molecule has 0 bridgehead atoms. The predicted octanol–water partition coefficient (Wildman–Crippen LogP) is 6.66. The molecule has 212 valence electrons. The van der Waals surface area contributed by atoms with Gasteiger partial charge >= 0.3 is 11.9 Å². The summed E-state index contributed by atoms with van der Waals surface area (Å²) in [6.45, 7) is 3.32. The summed E-state index contributed by atoms with van der Waals surface area (Å²) in [6, 6.07) is -0.803. The highest BCUT2D eigenvalue weighted by atomic mass is 16.5.